The van der Waals surface area contributed by atoms with Gasteiger partial charge in [0, 0.05) is 6.07 Å². The zero-order valence-corrected chi connectivity index (χ0v) is 11.1. The number of nitrogen functional groups attached to an aromatic ring is 1. The Bertz CT molecular complexity index is 652. The lowest BCUT2D eigenvalue weighted by Gasteiger charge is -2.26. The molecule has 0 amide bonds. The summed E-state index contributed by atoms with van der Waals surface area (Å²) >= 11 is 0. The molecule has 4 nitrogen and oxygen atoms in total. The molecular weight excluding hydrogens is 254 g/mol. The SMILES string of the molecule is COc1cc2c(cc1N)C(=O)CC(c1ccccc1)O2. The van der Waals surface area contributed by atoms with Gasteiger partial charge in [-0.2, -0.15) is 0 Å². The third-order valence-corrected chi connectivity index (χ3v) is 3.44. The third-order valence-electron chi connectivity index (χ3n) is 3.44. The molecule has 1 unspecified atom stereocenters. The van der Waals surface area contributed by atoms with Gasteiger partial charge in [-0.05, 0) is 11.6 Å². The molecule has 4 heteroatoms. The summed E-state index contributed by atoms with van der Waals surface area (Å²) in [6.45, 7) is 0. The maximum atomic E-state index is 12.2. The number of methoxy groups -OCH3 is 1. The Morgan fingerprint density at radius 1 is 1.25 bits per heavy atom. The standard InChI is InChI=1S/C16H15NO3/c1-19-16-9-15-11(7-12(16)17)13(18)8-14(20-15)10-5-3-2-4-6-10/h2-7,9,14H,8,17H2,1H3. The number of fused-ring (bicyclic) bond motifs is 1. The first kappa shape index (κ1) is 12.5. The van der Waals surface area contributed by atoms with Crippen molar-refractivity contribution >= 4 is 11.5 Å². The summed E-state index contributed by atoms with van der Waals surface area (Å²) in [6, 6.07) is 13.0. The van der Waals surface area contributed by atoms with Crippen LogP contribution in [0.4, 0.5) is 5.69 Å². The zero-order chi connectivity index (χ0) is 14.1. The maximum Gasteiger partial charge on any atom is 0.170 e. The Hall–Kier alpha value is -2.49. The third kappa shape index (κ3) is 2.09. The smallest absolute Gasteiger partial charge is 0.170 e. The van der Waals surface area contributed by atoms with E-state index in [-0.39, 0.29) is 11.9 Å². The number of carbonyl (C=O) groups excluding carboxylic acids is 1. The highest BCUT2D eigenvalue weighted by atomic mass is 16.5. The van der Waals surface area contributed by atoms with E-state index in [1.165, 1.54) is 7.11 Å². The lowest BCUT2D eigenvalue weighted by atomic mass is 9.96. The average molecular weight is 269 g/mol. The van der Waals surface area contributed by atoms with Crippen molar-refractivity contribution < 1.29 is 14.3 Å². The van der Waals surface area contributed by atoms with Crippen LogP contribution in [0.25, 0.3) is 0 Å². The molecule has 0 aromatic heterocycles. The van der Waals surface area contributed by atoms with Crippen molar-refractivity contribution in [1.82, 2.24) is 0 Å². The van der Waals surface area contributed by atoms with Gasteiger partial charge in [-0.15, -0.1) is 0 Å². The summed E-state index contributed by atoms with van der Waals surface area (Å²) in [4.78, 5) is 12.2. The van der Waals surface area contributed by atoms with Crippen LogP contribution in [0, 0.1) is 0 Å². The number of anilines is 1. The summed E-state index contributed by atoms with van der Waals surface area (Å²) in [7, 11) is 1.54. The van der Waals surface area contributed by atoms with Crippen LogP contribution in [0.3, 0.4) is 0 Å². The van der Waals surface area contributed by atoms with Crippen LogP contribution in [0.1, 0.15) is 28.4 Å². The number of Topliss-reactive ketones (excluding diaryl/α,β-unsaturated/α-hetero) is 1. The molecule has 1 aliphatic rings. The van der Waals surface area contributed by atoms with Crippen molar-refractivity contribution in [2.75, 3.05) is 12.8 Å². The van der Waals surface area contributed by atoms with Gasteiger partial charge in [0.2, 0.25) is 0 Å². The van der Waals surface area contributed by atoms with E-state index in [1.807, 2.05) is 30.3 Å². The first-order valence-electron chi connectivity index (χ1n) is 6.41. The largest absolute Gasteiger partial charge is 0.494 e. The van der Waals surface area contributed by atoms with Gasteiger partial charge in [0.25, 0.3) is 0 Å². The van der Waals surface area contributed by atoms with Crippen molar-refractivity contribution in [3.8, 4) is 11.5 Å². The molecule has 0 spiro atoms. The Balaban J connectivity index is 2.00. The van der Waals surface area contributed by atoms with E-state index in [9.17, 15) is 4.79 Å². The lowest BCUT2D eigenvalue weighted by Crippen LogP contribution is -2.20. The second kappa shape index (κ2) is 4.89. The average Bonchev–Trinajstić information content (AvgIpc) is 2.48. The van der Waals surface area contributed by atoms with E-state index in [4.69, 9.17) is 15.2 Å². The quantitative estimate of drug-likeness (QED) is 0.851. The number of ketones is 1. The summed E-state index contributed by atoms with van der Waals surface area (Å²) in [5, 5.41) is 0. The van der Waals surface area contributed by atoms with Crippen molar-refractivity contribution in [1.29, 1.82) is 0 Å². The molecule has 1 heterocycles. The summed E-state index contributed by atoms with van der Waals surface area (Å²) in [6.07, 6.45) is 0.0625. The molecule has 1 aliphatic heterocycles. The molecule has 2 N–H and O–H groups in total. The molecule has 20 heavy (non-hydrogen) atoms. The molecule has 0 fully saturated rings. The van der Waals surface area contributed by atoms with E-state index in [1.54, 1.807) is 12.1 Å². The number of hydrogen-bond donors (Lipinski definition) is 1. The van der Waals surface area contributed by atoms with Crippen molar-refractivity contribution in [3.05, 3.63) is 53.6 Å². The Kier molecular flexibility index (Phi) is 3.06. The molecule has 0 saturated carbocycles. The molecule has 0 saturated heterocycles. The molecular formula is C16H15NO3. The van der Waals surface area contributed by atoms with E-state index in [2.05, 4.69) is 0 Å². The second-order valence-corrected chi connectivity index (χ2v) is 4.73. The molecule has 0 aliphatic carbocycles. The molecule has 0 radical (unpaired) electrons. The fourth-order valence-corrected chi connectivity index (χ4v) is 2.40. The first-order chi connectivity index (χ1) is 9.69. The molecule has 1 atom stereocenters. The van der Waals surface area contributed by atoms with E-state index in [0.29, 0.717) is 29.2 Å². The lowest BCUT2D eigenvalue weighted by molar-refractivity contribution is 0.0849. The number of hydrogen-bond acceptors (Lipinski definition) is 4. The minimum Gasteiger partial charge on any atom is -0.494 e. The summed E-state index contributed by atoms with van der Waals surface area (Å²) in [5.74, 6) is 1.08. The van der Waals surface area contributed by atoms with Gasteiger partial charge in [0.1, 0.15) is 17.6 Å². The minimum absolute atomic E-state index is 0.0365. The van der Waals surface area contributed by atoms with Crippen LogP contribution in [0.2, 0.25) is 0 Å². The molecule has 2 aromatic rings. The monoisotopic (exact) mass is 269 g/mol. The van der Waals surface area contributed by atoms with Crippen LogP contribution in [-0.4, -0.2) is 12.9 Å². The highest BCUT2D eigenvalue weighted by molar-refractivity contribution is 6.01. The van der Waals surface area contributed by atoms with E-state index < -0.39 is 0 Å². The van der Waals surface area contributed by atoms with Gasteiger partial charge >= 0.3 is 0 Å². The van der Waals surface area contributed by atoms with Crippen LogP contribution >= 0.6 is 0 Å². The van der Waals surface area contributed by atoms with Gasteiger partial charge in [0.15, 0.2) is 5.78 Å². The van der Waals surface area contributed by atoms with Crippen molar-refractivity contribution in [2.45, 2.75) is 12.5 Å². The topological polar surface area (TPSA) is 61.5 Å². The highest BCUT2D eigenvalue weighted by Gasteiger charge is 2.28. The van der Waals surface area contributed by atoms with Gasteiger partial charge in [-0.1, -0.05) is 30.3 Å². The summed E-state index contributed by atoms with van der Waals surface area (Å²) in [5.41, 5.74) is 7.79. The number of rotatable bonds is 2. The highest BCUT2D eigenvalue weighted by Crippen LogP contribution is 2.39. The number of benzene rings is 2. The fourth-order valence-electron chi connectivity index (χ4n) is 2.40. The van der Waals surface area contributed by atoms with Crippen molar-refractivity contribution in [3.63, 3.8) is 0 Å². The van der Waals surface area contributed by atoms with Crippen LogP contribution in [-0.2, 0) is 0 Å². The van der Waals surface area contributed by atoms with E-state index >= 15 is 0 Å². The summed E-state index contributed by atoms with van der Waals surface area (Å²) < 4.78 is 11.1. The molecule has 0 bridgehead atoms. The number of carbonyl (C=O) groups is 1. The fraction of sp³-hybridized carbons (Fsp3) is 0.188. The van der Waals surface area contributed by atoms with Crippen molar-refractivity contribution in [2.24, 2.45) is 0 Å². The zero-order valence-electron chi connectivity index (χ0n) is 11.1. The Labute approximate surface area is 117 Å². The van der Waals surface area contributed by atoms with E-state index in [0.717, 1.165) is 5.56 Å². The Morgan fingerprint density at radius 3 is 2.70 bits per heavy atom. The van der Waals surface area contributed by atoms with Gasteiger partial charge < -0.3 is 15.2 Å². The first-order valence-corrected chi connectivity index (χ1v) is 6.41. The minimum atomic E-state index is -0.260. The predicted octanol–water partition coefficient (Wildman–Crippen LogP) is 2.98. The maximum absolute atomic E-state index is 12.2. The van der Waals surface area contributed by atoms with Gasteiger partial charge in [-0.3, -0.25) is 4.79 Å². The number of ether oxygens (including phenoxy) is 2. The van der Waals surface area contributed by atoms with Crippen LogP contribution in [0.5, 0.6) is 11.5 Å². The van der Waals surface area contributed by atoms with Crippen LogP contribution < -0.4 is 15.2 Å². The Morgan fingerprint density at radius 2 is 2.00 bits per heavy atom. The molecule has 2 aromatic carbocycles. The molecule has 3 rings (SSSR count). The van der Waals surface area contributed by atoms with Gasteiger partial charge in [-0.25, -0.2) is 0 Å². The predicted molar refractivity (Wildman–Crippen MR) is 76.2 cm³/mol. The normalized spacial score (nSPS) is 17.2. The number of nitrogens with two attached hydrogens (primary N) is 1. The van der Waals surface area contributed by atoms with Gasteiger partial charge in [0.05, 0.1) is 24.8 Å². The van der Waals surface area contributed by atoms with Crippen LogP contribution in [0.15, 0.2) is 42.5 Å². The molecule has 102 valence electrons. The second-order valence-electron chi connectivity index (χ2n) is 4.73.